The van der Waals surface area contributed by atoms with Gasteiger partial charge in [0.15, 0.2) is 0 Å². The van der Waals surface area contributed by atoms with Crippen molar-refractivity contribution in [3.05, 3.63) is 28.1 Å². The molecular formula is C12H16BrN3O3. The monoisotopic (exact) mass is 329 g/mol. The van der Waals surface area contributed by atoms with E-state index >= 15 is 0 Å². The van der Waals surface area contributed by atoms with E-state index in [2.05, 4.69) is 21.2 Å². The first-order chi connectivity index (χ1) is 8.97. The highest BCUT2D eigenvalue weighted by molar-refractivity contribution is 9.09. The molecule has 1 aliphatic carbocycles. The Bertz CT molecular complexity index is 500. The molecule has 1 aromatic rings. The van der Waals surface area contributed by atoms with Crippen molar-refractivity contribution in [2.75, 3.05) is 6.54 Å². The van der Waals surface area contributed by atoms with E-state index in [1.807, 2.05) is 0 Å². The Labute approximate surface area is 119 Å². The van der Waals surface area contributed by atoms with E-state index in [9.17, 15) is 14.9 Å². The highest BCUT2D eigenvalue weighted by Crippen LogP contribution is 2.30. The lowest BCUT2D eigenvalue weighted by molar-refractivity contribution is -0.384. The van der Waals surface area contributed by atoms with Gasteiger partial charge >= 0.3 is 0 Å². The Kier molecular flexibility index (Phi) is 4.24. The molecule has 104 valence electrons. The van der Waals surface area contributed by atoms with E-state index < -0.39 is 4.92 Å². The van der Waals surface area contributed by atoms with Gasteiger partial charge in [0.25, 0.3) is 11.6 Å². The summed E-state index contributed by atoms with van der Waals surface area (Å²) in [6, 6.07) is 1.30. The third-order valence-corrected chi connectivity index (χ3v) is 4.29. The van der Waals surface area contributed by atoms with Crippen molar-refractivity contribution >= 4 is 27.5 Å². The van der Waals surface area contributed by atoms with Gasteiger partial charge in [0.2, 0.25) is 0 Å². The lowest BCUT2D eigenvalue weighted by Crippen LogP contribution is -2.29. The number of rotatable bonds is 4. The maximum Gasteiger partial charge on any atom is 0.287 e. The van der Waals surface area contributed by atoms with Gasteiger partial charge in [0.05, 0.1) is 11.1 Å². The Morgan fingerprint density at radius 2 is 2.37 bits per heavy atom. The molecule has 1 fully saturated rings. The molecule has 19 heavy (non-hydrogen) atoms. The maximum absolute atomic E-state index is 12.0. The minimum Gasteiger partial charge on any atom is -0.350 e. The third kappa shape index (κ3) is 3.34. The van der Waals surface area contributed by atoms with Gasteiger partial charge in [-0.05, 0) is 25.2 Å². The fraction of sp³-hybridized carbons (Fsp3) is 0.583. The molecule has 1 heterocycles. The molecule has 0 spiro atoms. The highest BCUT2D eigenvalue weighted by Gasteiger charge is 2.24. The number of carbonyl (C=O) groups excluding carboxylic acids is 1. The Balaban J connectivity index is 1.94. The molecule has 1 amide bonds. The second kappa shape index (κ2) is 5.73. The fourth-order valence-electron chi connectivity index (χ4n) is 2.40. The Morgan fingerprint density at radius 3 is 2.89 bits per heavy atom. The summed E-state index contributed by atoms with van der Waals surface area (Å²) in [5.41, 5.74) is 0.258. The molecule has 0 aromatic carbocycles. The molecular weight excluding hydrogens is 314 g/mol. The number of nitro groups is 1. The molecule has 1 saturated carbocycles. The van der Waals surface area contributed by atoms with Crippen molar-refractivity contribution in [2.45, 2.75) is 24.1 Å². The van der Waals surface area contributed by atoms with Crippen LogP contribution in [0.3, 0.4) is 0 Å². The lowest BCUT2D eigenvalue weighted by atomic mass is 10.1. The predicted molar refractivity (Wildman–Crippen MR) is 74.5 cm³/mol. The minimum absolute atomic E-state index is 0.0611. The summed E-state index contributed by atoms with van der Waals surface area (Å²) < 4.78 is 1.48. The summed E-state index contributed by atoms with van der Waals surface area (Å²) >= 11 is 3.57. The van der Waals surface area contributed by atoms with Gasteiger partial charge in [-0.25, -0.2) is 0 Å². The lowest BCUT2D eigenvalue weighted by Gasteiger charge is -2.10. The molecule has 0 radical (unpaired) electrons. The molecule has 2 unspecified atom stereocenters. The van der Waals surface area contributed by atoms with Crippen molar-refractivity contribution in [3.8, 4) is 0 Å². The number of aromatic nitrogens is 1. The van der Waals surface area contributed by atoms with Crippen LogP contribution >= 0.6 is 15.9 Å². The molecule has 1 aliphatic rings. The van der Waals surface area contributed by atoms with Crippen LogP contribution in [0.25, 0.3) is 0 Å². The Hall–Kier alpha value is -1.37. The zero-order valence-corrected chi connectivity index (χ0v) is 12.2. The van der Waals surface area contributed by atoms with Crippen molar-refractivity contribution in [2.24, 2.45) is 13.0 Å². The average Bonchev–Trinajstić information content (AvgIpc) is 2.92. The number of nitrogens with one attached hydrogen (secondary N) is 1. The largest absolute Gasteiger partial charge is 0.350 e. The highest BCUT2D eigenvalue weighted by atomic mass is 79.9. The zero-order valence-electron chi connectivity index (χ0n) is 10.6. The number of aryl methyl sites for hydroxylation is 1. The minimum atomic E-state index is -0.497. The van der Waals surface area contributed by atoms with Crippen LogP contribution in [0.15, 0.2) is 12.3 Å². The molecule has 1 N–H and O–H groups in total. The van der Waals surface area contributed by atoms with Crippen LogP contribution in [0.2, 0.25) is 0 Å². The van der Waals surface area contributed by atoms with Crippen LogP contribution < -0.4 is 5.32 Å². The smallest absolute Gasteiger partial charge is 0.287 e. The number of amides is 1. The van der Waals surface area contributed by atoms with Gasteiger partial charge in [-0.3, -0.25) is 14.9 Å². The number of alkyl halides is 1. The van der Waals surface area contributed by atoms with E-state index in [0.717, 1.165) is 19.3 Å². The summed E-state index contributed by atoms with van der Waals surface area (Å²) in [5.74, 6) is 0.234. The number of halogens is 1. The van der Waals surface area contributed by atoms with Gasteiger partial charge in [0, 0.05) is 24.5 Å². The van der Waals surface area contributed by atoms with Gasteiger partial charge in [-0.1, -0.05) is 15.9 Å². The average molecular weight is 330 g/mol. The maximum atomic E-state index is 12.0. The van der Waals surface area contributed by atoms with E-state index in [4.69, 9.17) is 0 Å². The van der Waals surface area contributed by atoms with Crippen molar-refractivity contribution in [1.29, 1.82) is 0 Å². The van der Waals surface area contributed by atoms with Crippen LogP contribution in [0, 0.1) is 16.0 Å². The van der Waals surface area contributed by atoms with Crippen LogP contribution in [-0.4, -0.2) is 26.8 Å². The molecule has 2 rings (SSSR count). The quantitative estimate of drug-likeness (QED) is 0.522. The SMILES string of the molecule is Cn1cc([N+](=O)[O-])cc1C(=O)NCC1CCC(Br)C1. The second-order valence-corrected chi connectivity index (χ2v) is 6.23. The topological polar surface area (TPSA) is 77.2 Å². The summed E-state index contributed by atoms with van der Waals surface area (Å²) in [5, 5.41) is 13.5. The number of hydrogen-bond donors (Lipinski definition) is 1. The van der Waals surface area contributed by atoms with Crippen molar-refractivity contribution in [3.63, 3.8) is 0 Å². The second-order valence-electron chi connectivity index (χ2n) is 4.94. The van der Waals surface area contributed by atoms with E-state index in [1.54, 1.807) is 7.05 Å². The van der Waals surface area contributed by atoms with Gasteiger partial charge in [-0.2, -0.15) is 0 Å². The van der Waals surface area contributed by atoms with Crippen LogP contribution in [0.4, 0.5) is 5.69 Å². The predicted octanol–water partition coefficient (Wildman–Crippen LogP) is 2.23. The standard InChI is InChI=1S/C12H16BrN3O3/c1-15-7-10(16(18)19)5-11(15)12(17)14-6-8-2-3-9(13)4-8/h5,7-9H,2-4,6H2,1H3,(H,14,17). The molecule has 2 atom stereocenters. The van der Waals surface area contributed by atoms with Crippen molar-refractivity contribution < 1.29 is 9.72 Å². The fourth-order valence-corrected chi connectivity index (χ4v) is 3.19. The molecule has 0 saturated heterocycles. The first-order valence-electron chi connectivity index (χ1n) is 6.20. The number of carbonyl (C=O) groups is 1. The molecule has 0 bridgehead atoms. The van der Waals surface area contributed by atoms with Crippen LogP contribution in [-0.2, 0) is 7.05 Å². The first-order valence-corrected chi connectivity index (χ1v) is 7.12. The summed E-state index contributed by atoms with van der Waals surface area (Å²) in [4.78, 5) is 22.7. The van der Waals surface area contributed by atoms with E-state index in [-0.39, 0.29) is 11.6 Å². The normalized spacial score (nSPS) is 22.4. The van der Waals surface area contributed by atoms with Gasteiger partial charge in [-0.15, -0.1) is 0 Å². The van der Waals surface area contributed by atoms with Gasteiger partial charge < -0.3 is 9.88 Å². The van der Waals surface area contributed by atoms with E-state index in [0.29, 0.717) is 23.0 Å². The summed E-state index contributed by atoms with van der Waals surface area (Å²) in [6.45, 7) is 0.625. The van der Waals surface area contributed by atoms with Crippen LogP contribution in [0.1, 0.15) is 29.8 Å². The molecule has 1 aromatic heterocycles. The summed E-state index contributed by atoms with van der Waals surface area (Å²) in [7, 11) is 1.63. The van der Waals surface area contributed by atoms with E-state index in [1.165, 1.54) is 16.8 Å². The molecule has 0 aliphatic heterocycles. The van der Waals surface area contributed by atoms with Crippen LogP contribution in [0.5, 0.6) is 0 Å². The molecule has 7 heteroatoms. The third-order valence-electron chi connectivity index (χ3n) is 3.46. The first kappa shape index (κ1) is 14.0. The number of nitrogens with zero attached hydrogens (tertiary/aromatic N) is 2. The van der Waals surface area contributed by atoms with Crippen molar-refractivity contribution in [1.82, 2.24) is 9.88 Å². The Morgan fingerprint density at radius 1 is 1.63 bits per heavy atom. The van der Waals surface area contributed by atoms with Gasteiger partial charge in [0.1, 0.15) is 5.69 Å². The molecule has 6 nitrogen and oxygen atoms in total. The number of hydrogen-bond acceptors (Lipinski definition) is 3. The zero-order chi connectivity index (χ0) is 14.0. The summed E-state index contributed by atoms with van der Waals surface area (Å²) in [6.07, 6.45) is 4.65.